The van der Waals surface area contributed by atoms with Crippen LogP contribution in [0.2, 0.25) is 5.02 Å². The molecule has 3 aromatic rings. The zero-order chi connectivity index (χ0) is 20.6. The fourth-order valence-corrected chi connectivity index (χ4v) is 4.42. The molecule has 1 aliphatic heterocycles. The van der Waals surface area contributed by atoms with Crippen LogP contribution in [0.5, 0.6) is 0 Å². The average Bonchev–Trinajstić information content (AvgIpc) is 2.68. The minimum Gasteiger partial charge on any atom is -0.399 e. The number of piperidine rings is 1. The molecule has 0 atom stereocenters. The Kier molecular flexibility index (Phi) is 5.30. The highest BCUT2D eigenvalue weighted by Gasteiger charge is 2.33. The third-order valence-corrected chi connectivity index (χ3v) is 5.90. The number of fused-ring (bicyclic) bond motifs is 1. The number of alkyl halides is 3. The lowest BCUT2D eigenvalue weighted by Crippen LogP contribution is -2.34. The van der Waals surface area contributed by atoms with Crippen molar-refractivity contribution in [2.24, 2.45) is 5.92 Å². The summed E-state index contributed by atoms with van der Waals surface area (Å²) in [6.07, 6.45) is -0.234. The summed E-state index contributed by atoms with van der Waals surface area (Å²) in [7, 11) is 0. The summed E-state index contributed by atoms with van der Waals surface area (Å²) in [4.78, 5) is 6.50. The first-order valence-corrected chi connectivity index (χ1v) is 9.94. The smallest absolute Gasteiger partial charge is 0.399 e. The van der Waals surface area contributed by atoms with Crippen LogP contribution in [0.1, 0.15) is 24.0 Å². The number of benzene rings is 2. The second kappa shape index (κ2) is 7.75. The molecule has 1 aromatic heterocycles. The lowest BCUT2D eigenvalue weighted by molar-refractivity contribution is -0.136. The molecule has 2 heterocycles. The van der Waals surface area contributed by atoms with Crippen molar-refractivity contribution in [3.05, 3.63) is 64.8 Å². The maximum atomic E-state index is 13.3. The summed E-state index contributed by atoms with van der Waals surface area (Å²) >= 11 is 6.32. The molecule has 0 bridgehead atoms. The van der Waals surface area contributed by atoms with E-state index >= 15 is 0 Å². The molecular weight excluding hydrogens is 399 g/mol. The van der Waals surface area contributed by atoms with Gasteiger partial charge in [-0.25, -0.2) is 0 Å². The summed E-state index contributed by atoms with van der Waals surface area (Å²) in [5.41, 5.74) is 8.07. The molecular formula is C22H21ClF3N3. The van der Waals surface area contributed by atoms with Crippen LogP contribution in [0, 0.1) is 5.92 Å². The zero-order valence-corrected chi connectivity index (χ0v) is 16.5. The third kappa shape index (κ3) is 4.13. The molecule has 2 aromatic carbocycles. The van der Waals surface area contributed by atoms with Gasteiger partial charge in [-0.15, -0.1) is 0 Å². The van der Waals surface area contributed by atoms with Gasteiger partial charge in [0.05, 0.1) is 21.8 Å². The fourth-order valence-electron chi connectivity index (χ4n) is 4.11. The van der Waals surface area contributed by atoms with Gasteiger partial charge in [0.15, 0.2) is 0 Å². The van der Waals surface area contributed by atoms with E-state index in [0.29, 0.717) is 22.1 Å². The van der Waals surface area contributed by atoms with E-state index in [2.05, 4.69) is 9.88 Å². The molecule has 3 nitrogen and oxygen atoms in total. The molecule has 1 fully saturated rings. The SMILES string of the molecule is Nc1ccc(N2CCC(Cc3ccc(C(F)(F)F)c4cccnc34)CC2)c(Cl)c1. The van der Waals surface area contributed by atoms with E-state index in [-0.39, 0.29) is 5.39 Å². The van der Waals surface area contributed by atoms with Gasteiger partial charge in [-0.05, 0) is 61.1 Å². The molecule has 0 amide bonds. The van der Waals surface area contributed by atoms with Gasteiger partial charge in [0, 0.05) is 30.4 Å². The Bertz CT molecular complexity index is 1030. The minimum atomic E-state index is -4.39. The molecule has 1 saturated heterocycles. The summed E-state index contributed by atoms with van der Waals surface area (Å²) in [6.45, 7) is 1.70. The number of hydrogen-bond acceptors (Lipinski definition) is 3. The van der Waals surface area contributed by atoms with Crippen molar-refractivity contribution in [3.63, 3.8) is 0 Å². The molecule has 0 radical (unpaired) electrons. The summed E-state index contributed by atoms with van der Waals surface area (Å²) in [6, 6.07) is 11.3. The van der Waals surface area contributed by atoms with E-state index in [1.54, 1.807) is 24.4 Å². The monoisotopic (exact) mass is 419 g/mol. The van der Waals surface area contributed by atoms with Crippen molar-refractivity contribution in [1.29, 1.82) is 0 Å². The predicted molar refractivity (Wildman–Crippen MR) is 111 cm³/mol. The van der Waals surface area contributed by atoms with Crippen molar-refractivity contribution < 1.29 is 13.2 Å². The van der Waals surface area contributed by atoms with E-state index in [0.717, 1.165) is 43.6 Å². The van der Waals surface area contributed by atoms with Gasteiger partial charge in [0.1, 0.15) is 0 Å². The van der Waals surface area contributed by atoms with Gasteiger partial charge >= 0.3 is 6.18 Å². The Hall–Kier alpha value is -2.47. The summed E-state index contributed by atoms with van der Waals surface area (Å²) in [5, 5.41) is 0.810. The van der Waals surface area contributed by atoms with E-state index in [1.807, 2.05) is 12.1 Å². The fraction of sp³-hybridized carbons (Fsp3) is 0.318. The Morgan fingerprint density at radius 2 is 1.86 bits per heavy atom. The second-order valence-electron chi connectivity index (χ2n) is 7.51. The number of rotatable bonds is 3. The Morgan fingerprint density at radius 3 is 2.55 bits per heavy atom. The van der Waals surface area contributed by atoms with Crippen LogP contribution < -0.4 is 10.6 Å². The zero-order valence-electron chi connectivity index (χ0n) is 15.7. The van der Waals surface area contributed by atoms with Crippen molar-refractivity contribution in [2.45, 2.75) is 25.4 Å². The van der Waals surface area contributed by atoms with E-state index in [9.17, 15) is 13.2 Å². The molecule has 29 heavy (non-hydrogen) atoms. The lowest BCUT2D eigenvalue weighted by Gasteiger charge is -2.34. The second-order valence-corrected chi connectivity index (χ2v) is 7.92. The highest BCUT2D eigenvalue weighted by Crippen LogP contribution is 2.37. The van der Waals surface area contributed by atoms with Gasteiger partial charge in [0.25, 0.3) is 0 Å². The molecule has 0 spiro atoms. The van der Waals surface area contributed by atoms with E-state index in [4.69, 9.17) is 17.3 Å². The lowest BCUT2D eigenvalue weighted by atomic mass is 9.88. The average molecular weight is 420 g/mol. The number of pyridine rings is 1. The van der Waals surface area contributed by atoms with Crippen LogP contribution in [-0.4, -0.2) is 18.1 Å². The quantitative estimate of drug-likeness (QED) is 0.533. The molecule has 7 heteroatoms. The van der Waals surface area contributed by atoms with Crippen LogP contribution in [0.3, 0.4) is 0 Å². The molecule has 1 aliphatic rings. The number of anilines is 2. The van der Waals surface area contributed by atoms with Crippen LogP contribution in [-0.2, 0) is 12.6 Å². The normalized spacial score (nSPS) is 15.8. The number of nitrogens with two attached hydrogens (primary N) is 1. The number of hydrogen-bond donors (Lipinski definition) is 1. The van der Waals surface area contributed by atoms with Gasteiger partial charge in [-0.3, -0.25) is 4.98 Å². The van der Waals surface area contributed by atoms with Crippen molar-refractivity contribution >= 4 is 33.9 Å². The Morgan fingerprint density at radius 1 is 1.10 bits per heavy atom. The van der Waals surface area contributed by atoms with Gasteiger partial charge in [0.2, 0.25) is 0 Å². The highest BCUT2D eigenvalue weighted by atomic mass is 35.5. The Labute approximate surface area is 172 Å². The molecule has 2 N–H and O–H groups in total. The minimum absolute atomic E-state index is 0.170. The van der Waals surface area contributed by atoms with Crippen molar-refractivity contribution in [2.75, 3.05) is 23.7 Å². The first-order chi connectivity index (χ1) is 13.8. The number of nitrogen functional groups attached to an aromatic ring is 1. The number of nitrogens with zero attached hydrogens (tertiary/aromatic N) is 2. The largest absolute Gasteiger partial charge is 0.417 e. The van der Waals surface area contributed by atoms with Crippen molar-refractivity contribution in [1.82, 2.24) is 4.98 Å². The van der Waals surface area contributed by atoms with Gasteiger partial charge < -0.3 is 10.6 Å². The van der Waals surface area contributed by atoms with Crippen LogP contribution in [0.15, 0.2) is 48.7 Å². The maximum absolute atomic E-state index is 13.3. The highest BCUT2D eigenvalue weighted by molar-refractivity contribution is 6.33. The first-order valence-electron chi connectivity index (χ1n) is 9.56. The first kappa shape index (κ1) is 19.8. The van der Waals surface area contributed by atoms with Crippen molar-refractivity contribution in [3.8, 4) is 0 Å². The van der Waals surface area contributed by atoms with Crippen LogP contribution >= 0.6 is 11.6 Å². The Balaban J connectivity index is 1.51. The molecule has 0 saturated carbocycles. The standard InChI is InChI=1S/C22H21ClF3N3/c23-19-13-16(27)4-6-20(19)29-10-7-14(8-11-29)12-15-3-5-18(22(24,25)26)17-2-1-9-28-21(15)17/h1-6,9,13-14H,7-8,10-12,27H2. The predicted octanol–water partition coefficient (Wildman–Crippen LogP) is 5.95. The third-order valence-electron chi connectivity index (χ3n) is 5.59. The summed E-state index contributed by atoms with van der Waals surface area (Å²) < 4.78 is 40.0. The van der Waals surface area contributed by atoms with E-state index in [1.165, 1.54) is 12.1 Å². The molecule has 0 aliphatic carbocycles. The van der Waals surface area contributed by atoms with Gasteiger partial charge in [-0.1, -0.05) is 23.7 Å². The molecule has 4 rings (SSSR count). The number of aromatic nitrogens is 1. The van der Waals surface area contributed by atoms with Crippen LogP contribution in [0.25, 0.3) is 10.9 Å². The summed E-state index contributed by atoms with van der Waals surface area (Å²) in [5.74, 6) is 0.390. The number of halogens is 4. The van der Waals surface area contributed by atoms with E-state index < -0.39 is 11.7 Å². The molecule has 152 valence electrons. The topological polar surface area (TPSA) is 42.1 Å². The molecule has 0 unspecified atom stereocenters. The maximum Gasteiger partial charge on any atom is 0.417 e. The van der Waals surface area contributed by atoms with Crippen LogP contribution in [0.4, 0.5) is 24.5 Å². The van der Waals surface area contributed by atoms with Gasteiger partial charge in [-0.2, -0.15) is 13.2 Å².